The van der Waals surface area contributed by atoms with Crippen molar-refractivity contribution in [2.45, 2.75) is 25.3 Å². The zero-order valence-electron chi connectivity index (χ0n) is 8.69. The average Bonchev–Trinajstić information content (AvgIpc) is 2.87. The van der Waals surface area contributed by atoms with Gasteiger partial charge in [-0.25, -0.2) is 0 Å². The number of amides is 1. The van der Waals surface area contributed by atoms with Gasteiger partial charge < -0.3 is 15.1 Å². The Morgan fingerprint density at radius 1 is 1.67 bits per heavy atom. The minimum atomic E-state index is 0.0692. The minimum absolute atomic E-state index is 0.0692. The molecule has 0 aliphatic carbocycles. The third-order valence-corrected chi connectivity index (χ3v) is 2.91. The van der Waals surface area contributed by atoms with Gasteiger partial charge in [-0.2, -0.15) is 0 Å². The van der Waals surface area contributed by atoms with E-state index in [9.17, 15) is 4.79 Å². The van der Waals surface area contributed by atoms with Crippen LogP contribution in [0, 0.1) is 0 Å². The molecule has 1 fully saturated rings. The van der Waals surface area contributed by atoms with Crippen LogP contribution in [0.4, 0.5) is 0 Å². The van der Waals surface area contributed by atoms with Gasteiger partial charge in [-0.1, -0.05) is 0 Å². The van der Waals surface area contributed by atoms with E-state index in [1.807, 2.05) is 4.90 Å². The molecule has 0 saturated carbocycles. The van der Waals surface area contributed by atoms with Gasteiger partial charge in [-0.15, -0.1) is 0 Å². The fourth-order valence-electron chi connectivity index (χ4n) is 2.15. The molecule has 1 saturated heterocycles. The van der Waals surface area contributed by atoms with Gasteiger partial charge in [0.05, 0.1) is 11.8 Å². The maximum Gasteiger partial charge on any atom is 0.257 e. The second-order valence-electron chi connectivity index (χ2n) is 3.88. The molecule has 4 heteroatoms. The third-order valence-electron chi connectivity index (χ3n) is 2.91. The maximum atomic E-state index is 12.0. The summed E-state index contributed by atoms with van der Waals surface area (Å²) in [6.07, 6.45) is 6.07. The number of hydrogen-bond donors (Lipinski definition) is 1. The van der Waals surface area contributed by atoms with E-state index in [1.54, 1.807) is 6.07 Å². The van der Waals surface area contributed by atoms with Gasteiger partial charge in [-0.3, -0.25) is 4.79 Å². The first kappa shape index (κ1) is 10.2. The Kier molecular flexibility index (Phi) is 3.06. The van der Waals surface area contributed by atoms with E-state index < -0.39 is 0 Å². The van der Waals surface area contributed by atoms with Gasteiger partial charge in [-0.05, 0) is 31.9 Å². The Bertz CT molecular complexity index is 321. The van der Waals surface area contributed by atoms with Crippen molar-refractivity contribution in [1.29, 1.82) is 0 Å². The van der Waals surface area contributed by atoms with Crippen molar-refractivity contribution in [2.24, 2.45) is 5.73 Å². The lowest BCUT2D eigenvalue weighted by atomic mass is 10.1. The first-order valence-electron chi connectivity index (χ1n) is 5.36. The summed E-state index contributed by atoms with van der Waals surface area (Å²) in [6, 6.07) is 2.03. The first-order valence-corrected chi connectivity index (χ1v) is 5.36. The van der Waals surface area contributed by atoms with Crippen LogP contribution in [0.15, 0.2) is 23.0 Å². The number of likely N-dealkylation sites (tertiary alicyclic amines) is 1. The van der Waals surface area contributed by atoms with Crippen LogP contribution in [0.3, 0.4) is 0 Å². The highest BCUT2D eigenvalue weighted by Gasteiger charge is 2.28. The number of rotatable bonds is 3. The van der Waals surface area contributed by atoms with E-state index in [1.165, 1.54) is 12.5 Å². The molecule has 1 amide bonds. The number of carbonyl (C=O) groups is 1. The van der Waals surface area contributed by atoms with Crippen LogP contribution in [0.5, 0.6) is 0 Å². The van der Waals surface area contributed by atoms with Crippen molar-refractivity contribution in [2.75, 3.05) is 13.1 Å². The predicted octanol–water partition coefficient (Wildman–Crippen LogP) is 1.23. The molecule has 82 valence electrons. The molecule has 1 aliphatic rings. The highest BCUT2D eigenvalue weighted by Crippen LogP contribution is 2.22. The predicted molar refractivity (Wildman–Crippen MR) is 56.4 cm³/mol. The average molecular weight is 208 g/mol. The molecule has 0 radical (unpaired) electrons. The van der Waals surface area contributed by atoms with E-state index in [0.717, 1.165) is 25.8 Å². The molecule has 0 bridgehead atoms. The second-order valence-corrected chi connectivity index (χ2v) is 3.88. The van der Waals surface area contributed by atoms with E-state index in [-0.39, 0.29) is 5.91 Å². The molecule has 0 aromatic carbocycles. The molecule has 1 aromatic rings. The van der Waals surface area contributed by atoms with Crippen molar-refractivity contribution in [3.63, 3.8) is 0 Å². The fraction of sp³-hybridized carbons (Fsp3) is 0.545. The summed E-state index contributed by atoms with van der Waals surface area (Å²) >= 11 is 0. The van der Waals surface area contributed by atoms with Crippen LogP contribution in [-0.2, 0) is 0 Å². The lowest BCUT2D eigenvalue weighted by Crippen LogP contribution is -2.36. The van der Waals surface area contributed by atoms with Gasteiger partial charge in [0.25, 0.3) is 5.91 Å². The van der Waals surface area contributed by atoms with Crippen molar-refractivity contribution >= 4 is 5.91 Å². The number of carbonyl (C=O) groups excluding carboxylic acids is 1. The molecular formula is C11H16N2O2. The lowest BCUT2D eigenvalue weighted by Gasteiger charge is -2.23. The molecule has 2 rings (SSSR count). The lowest BCUT2D eigenvalue weighted by molar-refractivity contribution is 0.0731. The topological polar surface area (TPSA) is 59.5 Å². The summed E-state index contributed by atoms with van der Waals surface area (Å²) in [4.78, 5) is 13.9. The normalized spacial score (nSPS) is 20.9. The molecule has 2 N–H and O–H groups in total. The Hall–Kier alpha value is -1.29. The number of nitrogens with zero attached hydrogens (tertiary/aromatic N) is 1. The van der Waals surface area contributed by atoms with Gasteiger partial charge in [0.1, 0.15) is 6.26 Å². The summed E-state index contributed by atoms with van der Waals surface area (Å²) in [7, 11) is 0. The second kappa shape index (κ2) is 4.49. The van der Waals surface area contributed by atoms with Gasteiger partial charge in [0.2, 0.25) is 0 Å². The van der Waals surface area contributed by atoms with E-state index >= 15 is 0 Å². The zero-order chi connectivity index (χ0) is 10.7. The van der Waals surface area contributed by atoms with Crippen LogP contribution < -0.4 is 5.73 Å². The monoisotopic (exact) mass is 208 g/mol. The van der Waals surface area contributed by atoms with Crippen molar-refractivity contribution in [1.82, 2.24) is 4.90 Å². The highest BCUT2D eigenvalue weighted by atomic mass is 16.3. The standard InChI is InChI=1S/C11H16N2O2/c12-5-3-10-2-1-6-13(10)11(14)9-4-7-15-8-9/h4,7-8,10H,1-3,5-6,12H2. The Labute approximate surface area is 89.0 Å². The van der Waals surface area contributed by atoms with Crippen LogP contribution in [0.2, 0.25) is 0 Å². The summed E-state index contributed by atoms with van der Waals surface area (Å²) in [5.74, 6) is 0.0692. The molecular weight excluding hydrogens is 192 g/mol. The smallest absolute Gasteiger partial charge is 0.257 e. The maximum absolute atomic E-state index is 12.0. The van der Waals surface area contributed by atoms with Gasteiger partial charge in [0.15, 0.2) is 0 Å². The molecule has 1 aromatic heterocycles. The van der Waals surface area contributed by atoms with Crippen molar-refractivity contribution in [3.05, 3.63) is 24.2 Å². The van der Waals surface area contributed by atoms with E-state index in [2.05, 4.69) is 0 Å². The van der Waals surface area contributed by atoms with E-state index in [4.69, 9.17) is 10.2 Å². The minimum Gasteiger partial charge on any atom is -0.472 e. The van der Waals surface area contributed by atoms with Crippen molar-refractivity contribution in [3.8, 4) is 0 Å². The number of hydrogen-bond acceptors (Lipinski definition) is 3. The van der Waals surface area contributed by atoms with Crippen LogP contribution in [0.25, 0.3) is 0 Å². The summed E-state index contributed by atoms with van der Waals surface area (Å²) in [5, 5.41) is 0. The Morgan fingerprint density at radius 2 is 2.53 bits per heavy atom. The summed E-state index contributed by atoms with van der Waals surface area (Å²) in [6.45, 7) is 1.48. The molecule has 1 atom stereocenters. The Morgan fingerprint density at radius 3 is 3.20 bits per heavy atom. The van der Waals surface area contributed by atoms with Crippen LogP contribution >= 0.6 is 0 Å². The SMILES string of the molecule is NCCC1CCCN1C(=O)c1ccoc1. The third kappa shape index (κ3) is 2.04. The van der Waals surface area contributed by atoms with Gasteiger partial charge >= 0.3 is 0 Å². The molecule has 2 heterocycles. The number of nitrogens with two attached hydrogens (primary N) is 1. The van der Waals surface area contributed by atoms with E-state index in [0.29, 0.717) is 18.2 Å². The zero-order valence-corrected chi connectivity index (χ0v) is 8.69. The molecule has 1 aliphatic heterocycles. The molecule has 0 spiro atoms. The molecule has 15 heavy (non-hydrogen) atoms. The van der Waals surface area contributed by atoms with Gasteiger partial charge in [0, 0.05) is 12.6 Å². The molecule has 1 unspecified atom stereocenters. The summed E-state index contributed by atoms with van der Waals surface area (Å²) < 4.78 is 4.92. The van der Waals surface area contributed by atoms with Crippen LogP contribution in [0.1, 0.15) is 29.6 Å². The Balaban J connectivity index is 2.06. The quantitative estimate of drug-likeness (QED) is 0.812. The first-order chi connectivity index (χ1) is 7.33. The highest BCUT2D eigenvalue weighted by molar-refractivity contribution is 5.94. The van der Waals surface area contributed by atoms with Crippen LogP contribution in [-0.4, -0.2) is 29.9 Å². The largest absolute Gasteiger partial charge is 0.472 e. The molecule has 4 nitrogen and oxygen atoms in total. The number of furan rings is 1. The van der Waals surface area contributed by atoms with Crippen molar-refractivity contribution < 1.29 is 9.21 Å². The fourth-order valence-corrected chi connectivity index (χ4v) is 2.15. The summed E-state index contributed by atoms with van der Waals surface area (Å²) in [5.41, 5.74) is 6.17.